The normalized spacial score (nSPS) is 11.4. The van der Waals surface area contributed by atoms with Gasteiger partial charge in [0.25, 0.3) is 0 Å². The summed E-state index contributed by atoms with van der Waals surface area (Å²) in [4.78, 5) is 7.04. The van der Waals surface area contributed by atoms with Crippen molar-refractivity contribution in [2.24, 2.45) is 0 Å². The number of nitrogens with zero attached hydrogens (tertiary/aromatic N) is 6. The van der Waals surface area contributed by atoms with Crippen molar-refractivity contribution >= 4 is 160 Å². The number of para-hydroxylation sites is 6. The molecule has 130 heavy (non-hydrogen) atoms. The molecule has 6 nitrogen and oxygen atoms in total. The Hall–Kier alpha value is -17.3. The summed E-state index contributed by atoms with van der Waals surface area (Å²) in [6, 6.07) is 187. The molecule has 612 valence electrons. The fraction of sp³-hybridized carbons (Fsp3) is 0. The lowest BCUT2D eigenvalue weighted by Gasteiger charge is -2.26. The Morgan fingerprint density at radius 1 is 0.115 bits per heavy atom. The second kappa shape index (κ2) is 34.0. The van der Waals surface area contributed by atoms with Crippen LogP contribution in [0.15, 0.2) is 522 Å². The molecule has 0 aliphatic carbocycles. The highest BCUT2D eigenvalue weighted by Gasteiger charge is 2.24. The van der Waals surface area contributed by atoms with E-state index in [-0.39, 0.29) is 0 Å². The highest BCUT2D eigenvalue weighted by molar-refractivity contribution is 6.17. The summed E-state index contributed by atoms with van der Waals surface area (Å²) < 4.78 is 7.28. The largest absolute Gasteiger partial charge is 0.310 e. The molecule has 0 radical (unpaired) electrons. The maximum Gasteiger partial charge on any atom is 0.0546 e. The van der Waals surface area contributed by atoms with Crippen LogP contribution in [0.4, 0.5) is 51.2 Å². The van der Waals surface area contributed by atoms with E-state index in [9.17, 15) is 0 Å². The second-order valence-electron chi connectivity index (χ2n) is 33.1. The SMILES string of the molecule is c1ccc(-c2ccc(N(c3ccccc3)c3ccc4c(c3)c3ccccc3n4-c3cc4ccccc4c4ccccc34)cc2)cc1.c1ccc(-c2ccc(N(c3ccccc3)c3ccc4c(c3)c3ccccc3n4-c3cccc4ccccc34)cc2)cc1.c1ccc(-c2ccc(N(c3ccccc3)c3ccc4c(c3)c3ccccc3n4-c3cccc4ccccc34)cc2)cc1. The number of rotatable bonds is 15. The summed E-state index contributed by atoms with van der Waals surface area (Å²) in [5.41, 5.74) is 28.2. The van der Waals surface area contributed by atoms with Crippen LogP contribution in [0.1, 0.15) is 0 Å². The van der Waals surface area contributed by atoms with Gasteiger partial charge in [-0.3, -0.25) is 0 Å². The Balaban J connectivity index is 0.000000111. The lowest BCUT2D eigenvalue weighted by molar-refractivity contribution is 1.20. The Kier molecular flexibility index (Phi) is 20.2. The van der Waals surface area contributed by atoms with E-state index in [4.69, 9.17) is 0 Å². The number of benzene rings is 22. The monoisotopic (exact) mass is 1660 g/mol. The maximum atomic E-state index is 2.45. The molecule has 0 fully saturated rings. The third kappa shape index (κ3) is 14.3. The van der Waals surface area contributed by atoms with E-state index < -0.39 is 0 Å². The van der Waals surface area contributed by atoms with E-state index in [2.05, 4.69) is 550 Å². The van der Waals surface area contributed by atoms with Crippen LogP contribution in [-0.4, -0.2) is 13.7 Å². The molecule has 6 heteroatoms. The van der Waals surface area contributed by atoms with Crippen molar-refractivity contribution in [3.8, 4) is 50.4 Å². The van der Waals surface area contributed by atoms with Crippen LogP contribution in [0, 0.1) is 0 Å². The van der Waals surface area contributed by atoms with Gasteiger partial charge in [-0.1, -0.05) is 358 Å². The van der Waals surface area contributed by atoms with Crippen LogP contribution in [-0.2, 0) is 0 Å². The van der Waals surface area contributed by atoms with Gasteiger partial charge in [-0.2, -0.15) is 0 Å². The van der Waals surface area contributed by atoms with E-state index in [0.29, 0.717) is 0 Å². The molecule has 3 aromatic heterocycles. The fourth-order valence-electron chi connectivity index (χ4n) is 19.5. The zero-order valence-corrected chi connectivity index (χ0v) is 71.3. The van der Waals surface area contributed by atoms with Gasteiger partial charge in [-0.15, -0.1) is 0 Å². The molecule has 22 aromatic carbocycles. The summed E-state index contributed by atoms with van der Waals surface area (Å²) in [5.74, 6) is 0. The van der Waals surface area contributed by atoms with Gasteiger partial charge >= 0.3 is 0 Å². The van der Waals surface area contributed by atoms with Crippen molar-refractivity contribution in [1.29, 1.82) is 0 Å². The van der Waals surface area contributed by atoms with Crippen LogP contribution >= 0.6 is 0 Å². The van der Waals surface area contributed by atoms with Crippen molar-refractivity contribution in [2.75, 3.05) is 14.7 Å². The first-order chi connectivity index (χ1) is 64.5. The Labute approximate surface area is 755 Å². The van der Waals surface area contributed by atoms with Gasteiger partial charge in [0.1, 0.15) is 0 Å². The number of fused-ring (bicyclic) bond motifs is 14. The molecule has 25 rings (SSSR count). The Morgan fingerprint density at radius 3 is 0.692 bits per heavy atom. The first-order valence-electron chi connectivity index (χ1n) is 44.5. The molecule has 0 atom stereocenters. The third-order valence-electron chi connectivity index (χ3n) is 25.5. The summed E-state index contributed by atoms with van der Waals surface area (Å²) >= 11 is 0. The molecular weight excluding hydrogens is 1570 g/mol. The van der Waals surface area contributed by atoms with Crippen LogP contribution < -0.4 is 14.7 Å². The summed E-state index contributed by atoms with van der Waals surface area (Å²) in [7, 11) is 0. The van der Waals surface area contributed by atoms with Gasteiger partial charge in [0.05, 0.1) is 50.2 Å². The van der Waals surface area contributed by atoms with Gasteiger partial charge < -0.3 is 28.4 Å². The van der Waals surface area contributed by atoms with Crippen molar-refractivity contribution < 1.29 is 0 Å². The molecule has 0 aliphatic rings. The zero-order chi connectivity index (χ0) is 86.2. The highest BCUT2D eigenvalue weighted by Crippen LogP contribution is 2.47. The predicted molar refractivity (Wildman–Crippen MR) is 553 cm³/mol. The summed E-state index contributed by atoms with van der Waals surface area (Å²) in [5, 5.41) is 17.4. The average Bonchev–Trinajstić information content (AvgIpc) is 1.66. The van der Waals surface area contributed by atoms with Gasteiger partial charge in [0, 0.05) is 99.7 Å². The molecule has 3 heterocycles. The number of aromatic nitrogens is 3. The molecule has 0 unspecified atom stereocenters. The predicted octanol–water partition coefficient (Wildman–Crippen LogP) is 34.4. The molecule has 0 spiro atoms. The third-order valence-corrected chi connectivity index (χ3v) is 25.5. The van der Waals surface area contributed by atoms with Crippen LogP contribution in [0.5, 0.6) is 0 Å². The van der Waals surface area contributed by atoms with E-state index in [1.807, 2.05) is 0 Å². The van der Waals surface area contributed by atoms with Gasteiger partial charge in [0.15, 0.2) is 0 Å². The minimum atomic E-state index is 1.12. The molecule has 0 bridgehead atoms. The molecule has 0 saturated heterocycles. The average molecular weight is 1660 g/mol. The lowest BCUT2D eigenvalue weighted by Crippen LogP contribution is -2.09. The summed E-state index contributed by atoms with van der Waals surface area (Å²) in [6.07, 6.45) is 0. The van der Waals surface area contributed by atoms with E-state index in [0.717, 1.165) is 51.2 Å². The Morgan fingerprint density at radius 2 is 0.346 bits per heavy atom. The van der Waals surface area contributed by atoms with E-state index >= 15 is 0 Å². The maximum absolute atomic E-state index is 2.45. The quantitative estimate of drug-likeness (QED) is 0.0956. The molecular formula is C124H86N6. The highest BCUT2D eigenvalue weighted by atomic mass is 15.2. The Bertz CT molecular complexity index is 8110. The van der Waals surface area contributed by atoms with E-state index in [1.165, 1.54) is 159 Å². The second-order valence-corrected chi connectivity index (χ2v) is 33.1. The zero-order valence-electron chi connectivity index (χ0n) is 71.3. The topological polar surface area (TPSA) is 24.5 Å². The standard InChI is InChI=1S/C44H30N2.2C40H28N2/c1-3-13-31(14-4-1)32-23-25-35(26-24-32)45(34-16-5-2-6-17-34)36-27-28-43-41(30-36)40-21-11-12-22-42(40)46(43)44-29-33-15-7-8-18-37(33)38-19-9-10-20-39(38)44;2*1-3-12-29(13-4-1)30-22-24-33(25-23-30)41(32-16-5-2-6-17-32)34-26-27-40-37(28-34)36-19-9-10-20-39(36)42(40)38-21-11-15-31-14-7-8-18-35(31)38/h1-30H;2*1-28H. The van der Waals surface area contributed by atoms with Crippen LogP contribution in [0.2, 0.25) is 0 Å². The minimum Gasteiger partial charge on any atom is -0.310 e. The molecule has 0 saturated carbocycles. The van der Waals surface area contributed by atoms with E-state index in [1.54, 1.807) is 0 Å². The lowest BCUT2D eigenvalue weighted by atomic mass is 10.00. The molecule has 0 N–H and O–H groups in total. The van der Waals surface area contributed by atoms with Crippen molar-refractivity contribution in [1.82, 2.24) is 13.7 Å². The van der Waals surface area contributed by atoms with Crippen molar-refractivity contribution in [2.45, 2.75) is 0 Å². The van der Waals surface area contributed by atoms with Crippen molar-refractivity contribution in [3.05, 3.63) is 522 Å². The number of hydrogen-bond acceptors (Lipinski definition) is 3. The first kappa shape index (κ1) is 77.5. The fourth-order valence-corrected chi connectivity index (χ4v) is 19.5. The molecule has 0 amide bonds. The minimum absolute atomic E-state index is 1.12. The van der Waals surface area contributed by atoms with Gasteiger partial charge in [-0.05, 0) is 224 Å². The molecule has 25 aromatic rings. The number of hydrogen-bond donors (Lipinski definition) is 0. The van der Waals surface area contributed by atoms with Gasteiger partial charge in [-0.25, -0.2) is 0 Å². The van der Waals surface area contributed by atoms with Gasteiger partial charge in [0.2, 0.25) is 0 Å². The van der Waals surface area contributed by atoms with Crippen LogP contribution in [0.3, 0.4) is 0 Å². The summed E-state index contributed by atoms with van der Waals surface area (Å²) in [6.45, 7) is 0. The van der Waals surface area contributed by atoms with Crippen molar-refractivity contribution in [3.63, 3.8) is 0 Å². The number of anilines is 9. The molecule has 0 aliphatic heterocycles. The van der Waals surface area contributed by atoms with Crippen LogP contribution in [0.25, 0.3) is 159 Å². The smallest absolute Gasteiger partial charge is 0.0546 e. The first-order valence-corrected chi connectivity index (χ1v) is 44.5.